The van der Waals surface area contributed by atoms with Crippen LogP contribution in [0.1, 0.15) is 5.56 Å². The zero-order valence-corrected chi connectivity index (χ0v) is 14.4. The maximum absolute atomic E-state index is 12.6. The molecular formula is C14H12BrN5O2S. The highest BCUT2D eigenvalue weighted by Crippen LogP contribution is 2.24. The maximum Gasteiger partial charge on any atom is 0.262 e. The van der Waals surface area contributed by atoms with E-state index in [2.05, 4.69) is 36.2 Å². The van der Waals surface area contributed by atoms with Crippen molar-refractivity contribution in [2.75, 3.05) is 4.72 Å². The van der Waals surface area contributed by atoms with E-state index in [1.807, 2.05) is 0 Å². The van der Waals surface area contributed by atoms with Crippen LogP contribution in [0.2, 0.25) is 0 Å². The summed E-state index contributed by atoms with van der Waals surface area (Å²) in [6.07, 6.45) is 1.44. The second kappa shape index (κ2) is 6.09. The van der Waals surface area contributed by atoms with Crippen LogP contribution in [-0.4, -0.2) is 28.6 Å². The molecule has 0 saturated carbocycles. The number of anilines is 1. The summed E-state index contributed by atoms with van der Waals surface area (Å²) in [5, 5.41) is 10.9. The Morgan fingerprint density at radius 3 is 2.74 bits per heavy atom. The number of aryl methyl sites for hydroxylation is 1. The van der Waals surface area contributed by atoms with Crippen LogP contribution in [0.15, 0.2) is 58.2 Å². The first-order valence-electron chi connectivity index (χ1n) is 6.58. The standard InChI is InChI=1S/C14H12BrN5O2S/c1-10-5-6-11(15)7-14(10)23(21,22)17-12-3-2-4-13(8-12)20-9-16-18-19-20/h2-9,17H,1H3. The molecule has 0 unspecified atom stereocenters. The molecule has 0 saturated heterocycles. The predicted molar refractivity (Wildman–Crippen MR) is 88.8 cm³/mol. The molecule has 23 heavy (non-hydrogen) atoms. The van der Waals surface area contributed by atoms with E-state index in [0.29, 0.717) is 21.4 Å². The molecule has 1 heterocycles. The number of tetrazole rings is 1. The number of hydrogen-bond acceptors (Lipinski definition) is 5. The third kappa shape index (κ3) is 3.40. The predicted octanol–water partition coefficient (Wildman–Crippen LogP) is 2.53. The summed E-state index contributed by atoms with van der Waals surface area (Å²) in [7, 11) is -3.69. The topological polar surface area (TPSA) is 89.8 Å². The Labute approximate surface area is 141 Å². The van der Waals surface area contributed by atoms with Gasteiger partial charge in [0, 0.05) is 4.47 Å². The number of sulfonamides is 1. The van der Waals surface area contributed by atoms with E-state index < -0.39 is 10.0 Å². The molecule has 3 aromatic rings. The zero-order chi connectivity index (χ0) is 16.4. The molecule has 3 rings (SSSR count). The van der Waals surface area contributed by atoms with Crippen LogP contribution < -0.4 is 4.72 Å². The quantitative estimate of drug-likeness (QED) is 0.735. The number of halogens is 1. The molecule has 0 spiro atoms. The highest BCUT2D eigenvalue weighted by molar-refractivity contribution is 9.10. The van der Waals surface area contributed by atoms with Gasteiger partial charge in [0.15, 0.2) is 0 Å². The van der Waals surface area contributed by atoms with Gasteiger partial charge in [0.2, 0.25) is 0 Å². The van der Waals surface area contributed by atoms with Crippen molar-refractivity contribution in [3.8, 4) is 5.69 Å². The smallest absolute Gasteiger partial charge is 0.262 e. The van der Waals surface area contributed by atoms with E-state index in [9.17, 15) is 8.42 Å². The normalized spacial score (nSPS) is 11.4. The van der Waals surface area contributed by atoms with E-state index in [1.54, 1.807) is 49.4 Å². The van der Waals surface area contributed by atoms with Gasteiger partial charge in [0.1, 0.15) is 6.33 Å². The molecule has 2 aromatic carbocycles. The van der Waals surface area contributed by atoms with E-state index in [0.717, 1.165) is 0 Å². The maximum atomic E-state index is 12.6. The number of hydrogen-bond donors (Lipinski definition) is 1. The second-order valence-corrected chi connectivity index (χ2v) is 7.39. The molecule has 0 radical (unpaired) electrons. The number of rotatable bonds is 4. The van der Waals surface area contributed by atoms with Gasteiger partial charge in [0.05, 0.1) is 16.3 Å². The van der Waals surface area contributed by atoms with Crippen molar-refractivity contribution in [1.29, 1.82) is 0 Å². The van der Waals surface area contributed by atoms with Gasteiger partial charge in [-0.25, -0.2) is 13.1 Å². The van der Waals surface area contributed by atoms with Crippen LogP contribution in [0, 0.1) is 6.92 Å². The van der Waals surface area contributed by atoms with Crippen LogP contribution in [0.3, 0.4) is 0 Å². The number of aromatic nitrogens is 4. The van der Waals surface area contributed by atoms with E-state index in [4.69, 9.17) is 0 Å². The SMILES string of the molecule is Cc1ccc(Br)cc1S(=O)(=O)Nc1cccc(-n2cnnn2)c1. The summed E-state index contributed by atoms with van der Waals surface area (Å²) in [6, 6.07) is 11.9. The summed E-state index contributed by atoms with van der Waals surface area (Å²) >= 11 is 3.29. The van der Waals surface area contributed by atoms with Crippen LogP contribution >= 0.6 is 15.9 Å². The highest BCUT2D eigenvalue weighted by atomic mass is 79.9. The van der Waals surface area contributed by atoms with Gasteiger partial charge in [-0.1, -0.05) is 28.1 Å². The lowest BCUT2D eigenvalue weighted by Crippen LogP contribution is -2.14. The van der Waals surface area contributed by atoms with Gasteiger partial charge in [-0.3, -0.25) is 4.72 Å². The fraction of sp³-hybridized carbons (Fsp3) is 0.0714. The molecule has 1 N–H and O–H groups in total. The molecule has 0 aliphatic carbocycles. The van der Waals surface area contributed by atoms with Crippen LogP contribution in [0.5, 0.6) is 0 Å². The van der Waals surface area contributed by atoms with Crippen molar-refractivity contribution < 1.29 is 8.42 Å². The van der Waals surface area contributed by atoms with Crippen molar-refractivity contribution in [2.24, 2.45) is 0 Å². The van der Waals surface area contributed by atoms with Gasteiger partial charge in [0.25, 0.3) is 10.0 Å². The second-order valence-electron chi connectivity index (χ2n) is 4.82. The zero-order valence-electron chi connectivity index (χ0n) is 12.0. The lowest BCUT2D eigenvalue weighted by atomic mass is 10.2. The van der Waals surface area contributed by atoms with Crippen LogP contribution in [0.25, 0.3) is 5.69 Å². The van der Waals surface area contributed by atoms with Crippen LogP contribution in [0.4, 0.5) is 5.69 Å². The Morgan fingerprint density at radius 1 is 1.17 bits per heavy atom. The first-order chi connectivity index (χ1) is 11.0. The third-order valence-electron chi connectivity index (χ3n) is 3.15. The first-order valence-corrected chi connectivity index (χ1v) is 8.86. The molecule has 118 valence electrons. The molecule has 9 heteroatoms. The third-order valence-corrected chi connectivity index (χ3v) is 5.17. The van der Waals surface area contributed by atoms with Crippen LogP contribution in [-0.2, 0) is 10.0 Å². The average Bonchev–Trinajstić information content (AvgIpc) is 3.04. The summed E-state index contributed by atoms with van der Waals surface area (Å²) in [4.78, 5) is 0.222. The Bertz CT molecular complexity index is 942. The Morgan fingerprint density at radius 2 is 2.00 bits per heavy atom. The van der Waals surface area contributed by atoms with Crippen molar-refractivity contribution in [3.63, 3.8) is 0 Å². The number of nitrogens with one attached hydrogen (secondary N) is 1. The molecule has 0 aliphatic rings. The Balaban J connectivity index is 1.95. The molecule has 0 atom stereocenters. The van der Waals surface area contributed by atoms with Gasteiger partial charge >= 0.3 is 0 Å². The monoisotopic (exact) mass is 393 g/mol. The Hall–Kier alpha value is -2.26. The van der Waals surface area contributed by atoms with Gasteiger partial charge < -0.3 is 0 Å². The van der Waals surface area contributed by atoms with E-state index >= 15 is 0 Å². The summed E-state index contributed by atoms with van der Waals surface area (Å²) in [6.45, 7) is 1.75. The molecular weight excluding hydrogens is 382 g/mol. The number of benzene rings is 2. The summed E-state index contributed by atoms with van der Waals surface area (Å²) in [5.41, 5.74) is 1.75. The van der Waals surface area contributed by atoms with Gasteiger partial charge in [-0.2, -0.15) is 0 Å². The van der Waals surface area contributed by atoms with Gasteiger partial charge in [-0.05, 0) is 53.2 Å². The van der Waals surface area contributed by atoms with Crippen molar-refractivity contribution in [2.45, 2.75) is 11.8 Å². The van der Waals surface area contributed by atoms with Crippen molar-refractivity contribution >= 4 is 31.6 Å². The van der Waals surface area contributed by atoms with E-state index in [-0.39, 0.29) is 4.90 Å². The minimum Gasteiger partial charge on any atom is -0.280 e. The van der Waals surface area contributed by atoms with Gasteiger partial charge in [-0.15, -0.1) is 5.10 Å². The fourth-order valence-electron chi connectivity index (χ4n) is 2.07. The summed E-state index contributed by atoms with van der Waals surface area (Å²) in [5.74, 6) is 0. The largest absolute Gasteiger partial charge is 0.280 e. The fourth-order valence-corrected chi connectivity index (χ4v) is 3.90. The highest BCUT2D eigenvalue weighted by Gasteiger charge is 2.17. The molecule has 7 nitrogen and oxygen atoms in total. The minimum absolute atomic E-state index is 0.222. The molecule has 0 fully saturated rings. The lowest BCUT2D eigenvalue weighted by molar-refractivity contribution is 0.600. The molecule has 1 aromatic heterocycles. The van der Waals surface area contributed by atoms with Crippen molar-refractivity contribution in [1.82, 2.24) is 20.2 Å². The average molecular weight is 394 g/mol. The molecule has 0 bridgehead atoms. The number of nitrogens with zero attached hydrogens (tertiary/aromatic N) is 4. The molecule has 0 amide bonds. The first kappa shape index (κ1) is 15.6. The molecule has 0 aliphatic heterocycles. The minimum atomic E-state index is -3.69. The summed E-state index contributed by atoms with van der Waals surface area (Å²) < 4.78 is 29.9. The lowest BCUT2D eigenvalue weighted by Gasteiger charge is -2.11. The van der Waals surface area contributed by atoms with Crippen molar-refractivity contribution in [3.05, 3.63) is 58.8 Å². The van der Waals surface area contributed by atoms with E-state index in [1.165, 1.54) is 11.0 Å². The Kier molecular flexibility index (Phi) is 4.14.